The largest absolute Gasteiger partial charge is 0.493 e. The first-order valence-electron chi connectivity index (χ1n) is 8.56. The van der Waals surface area contributed by atoms with Gasteiger partial charge in [0.15, 0.2) is 17.5 Å². The van der Waals surface area contributed by atoms with Gasteiger partial charge in [0.05, 0.1) is 20.3 Å². The molecular formula is C19H31N3O2. The second-order valence-electron chi connectivity index (χ2n) is 5.44. The van der Waals surface area contributed by atoms with Gasteiger partial charge in [0, 0.05) is 20.1 Å². The number of unbranched alkanes of at least 4 members (excludes halogenated alkanes) is 1. The number of aliphatic imine (C=N–C) groups is 1. The van der Waals surface area contributed by atoms with E-state index in [2.05, 4.69) is 30.8 Å². The fourth-order valence-electron chi connectivity index (χ4n) is 2.30. The van der Waals surface area contributed by atoms with Crippen molar-refractivity contribution in [2.75, 3.05) is 33.9 Å². The summed E-state index contributed by atoms with van der Waals surface area (Å²) >= 11 is 0. The van der Waals surface area contributed by atoms with Crippen LogP contribution in [0, 0.1) is 0 Å². The molecule has 0 saturated heterocycles. The number of benzene rings is 1. The standard InChI is InChI=1S/C19H31N3O2/c1-6-9-10-13-22(4)19(20-7-2)21-15-16-11-12-17(24-8-3)18(14-16)23-5/h6,11-12,14H,1,7-10,13,15H2,2-5H3,(H,20,21). The minimum Gasteiger partial charge on any atom is -0.493 e. The van der Waals surface area contributed by atoms with Crippen LogP contribution >= 0.6 is 0 Å². The summed E-state index contributed by atoms with van der Waals surface area (Å²) in [6.45, 7) is 10.8. The average Bonchev–Trinajstić information content (AvgIpc) is 2.59. The number of hydrogen-bond acceptors (Lipinski definition) is 3. The quantitative estimate of drug-likeness (QED) is 0.308. The van der Waals surface area contributed by atoms with Crippen molar-refractivity contribution in [3.05, 3.63) is 36.4 Å². The zero-order valence-corrected chi connectivity index (χ0v) is 15.5. The number of nitrogens with one attached hydrogen (secondary N) is 1. The van der Waals surface area contributed by atoms with Crippen molar-refractivity contribution >= 4 is 5.96 Å². The number of ether oxygens (including phenoxy) is 2. The molecule has 0 fully saturated rings. The third-order valence-electron chi connectivity index (χ3n) is 3.54. The summed E-state index contributed by atoms with van der Waals surface area (Å²) in [5.74, 6) is 2.42. The van der Waals surface area contributed by atoms with Gasteiger partial charge in [0.25, 0.3) is 0 Å². The Balaban J connectivity index is 2.79. The van der Waals surface area contributed by atoms with Crippen molar-refractivity contribution < 1.29 is 9.47 Å². The van der Waals surface area contributed by atoms with E-state index in [0.717, 1.165) is 49.0 Å². The van der Waals surface area contributed by atoms with E-state index in [0.29, 0.717) is 13.2 Å². The molecule has 0 unspecified atom stereocenters. The van der Waals surface area contributed by atoms with Gasteiger partial charge in [-0.1, -0.05) is 12.1 Å². The zero-order chi connectivity index (χ0) is 17.8. The molecule has 0 radical (unpaired) electrons. The smallest absolute Gasteiger partial charge is 0.193 e. The highest BCUT2D eigenvalue weighted by molar-refractivity contribution is 5.79. The maximum absolute atomic E-state index is 5.55. The Morgan fingerprint density at radius 1 is 1.33 bits per heavy atom. The summed E-state index contributed by atoms with van der Waals surface area (Å²) in [5.41, 5.74) is 1.09. The van der Waals surface area contributed by atoms with Gasteiger partial charge in [-0.3, -0.25) is 0 Å². The lowest BCUT2D eigenvalue weighted by Gasteiger charge is -2.21. The lowest BCUT2D eigenvalue weighted by molar-refractivity contribution is 0.310. The first-order chi connectivity index (χ1) is 11.7. The fraction of sp³-hybridized carbons (Fsp3) is 0.526. The van der Waals surface area contributed by atoms with E-state index < -0.39 is 0 Å². The Kier molecular flexibility index (Phi) is 9.42. The molecule has 0 spiro atoms. The van der Waals surface area contributed by atoms with Crippen molar-refractivity contribution in [2.45, 2.75) is 33.2 Å². The Labute approximate surface area is 146 Å². The minimum absolute atomic E-state index is 0.594. The molecule has 0 aliphatic rings. The van der Waals surface area contributed by atoms with Crippen molar-refractivity contribution in [3.63, 3.8) is 0 Å². The Bertz CT molecular complexity index is 529. The molecule has 134 valence electrons. The van der Waals surface area contributed by atoms with Gasteiger partial charge in [-0.25, -0.2) is 4.99 Å². The third kappa shape index (κ3) is 6.52. The van der Waals surface area contributed by atoms with Gasteiger partial charge < -0.3 is 19.7 Å². The van der Waals surface area contributed by atoms with Gasteiger partial charge in [-0.2, -0.15) is 0 Å². The monoisotopic (exact) mass is 333 g/mol. The summed E-state index contributed by atoms with van der Waals surface area (Å²) in [5, 5.41) is 3.33. The second-order valence-corrected chi connectivity index (χ2v) is 5.44. The molecule has 1 N–H and O–H groups in total. The topological polar surface area (TPSA) is 46.1 Å². The number of guanidine groups is 1. The molecule has 0 aliphatic carbocycles. The number of nitrogens with zero attached hydrogens (tertiary/aromatic N) is 2. The van der Waals surface area contributed by atoms with Crippen molar-refractivity contribution in [1.82, 2.24) is 10.2 Å². The molecule has 5 heteroatoms. The first kappa shape index (κ1) is 19.9. The van der Waals surface area contributed by atoms with E-state index in [1.807, 2.05) is 31.2 Å². The van der Waals surface area contributed by atoms with Crippen molar-refractivity contribution in [2.24, 2.45) is 4.99 Å². The molecule has 0 amide bonds. The van der Waals surface area contributed by atoms with E-state index in [1.54, 1.807) is 7.11 Å². The lowest BCUT2D eigenvalue weighted by atomic mass is 10.2. The molecule has 5 nitrogen and oxygen atoms in total. The van der Waals surface area contributed by atoms with Gasteiger partial charge in [-0.05, 0) is 44.4 Å². The summed E-state index contributed by atoms with van der Waals surface area (Å²) in [6, 6.07) is 5.95. The molecular weight excluding hydrogens is 302 g/mol. The van der Waals surface area contributed by atoms with Gasteiger partial charge >= 0.3 is 0 Å². The summed E-state index contributed by atoms with van der Waals surface area (Å²) < 4.78 is 10.9. The van der Waals surface area contributed by atoms with Gasteiger partial charge in [-0.15, -0.1) is 6.58 Å². The predicted molar refractivity (Wildman–Crippen MR) is 101 cm³/mol. The average molecular weight is 333 g/mol. The number of rotatable bonds is 10. The normalized spacial score (nSPS) is 11.1. The first-order valence-corrected chi connectivity index (χ1v) is 8.56. The molecule has 1 aromatic rings. The lowest BCUT2D eigenvalue weighted by Crippen LogP contribution is -2.39. The molecule has 0 aliphatic heterocycles. The van der Waals surface area contributed by atoms with E-state index in [4.69, 9.17) is 14.5 Å². The van der Waals surface area contributed by atoms with Crippen molar-refractivity contribution in [1.29, 1.82) is 0 Å². The Morgan fingerprint density at radius 3 is 2.75 bits per heavy atom. The SMILES string of the molecule is C=CCCCN(C)C(=NCc1ccc(OCC)c(OC)c1)NCC. The molecule has 1 rings (SSSR count). The van der Waals surface area contributed by atoms with E-state index in [1.165, 1.54) is 0 Å². The predicted octanol–water partition coefficient (Wildman–Crippen LogP) is 3.46. The molecule has 1 aromatic carbocycles. The number of hydrogen-bond donors (Lipinski definition) is 1. The Hall–Kier alpha value is -2.17. The van der Waals surface area contributed by atoms with Gasteiger partial charge in [0.2, 0.25) is 0 Å². The molecule has 0 saturated carbocycles. The molecule has 24 heavy (non-hydrogen) atoms. The molecule has 0 aromatic heterocycles. The highest BCUT2D eigenvalue weighted by Crippen LogP contribution is 2.28. The summed E-state index contributed by atoms with van der Waals surface area (Å²) in [4.78, 5) is 6.87. The van der Waals surface area contributed by atoms with Crippen molar-refractivity contribution in [3.8, 4) is 11.5 Å². The zero-order valence-electron chi connectivity index (χ0n) is 15.5. The molecule has 0 atom stereocenters. The van der Waals surface area contributed by atoms with E-state index in [9.17, 15) is 0 Å². The fourth-order valence-corrected chi connectivity index (χ4v) is 2.30. The molecule has 0 heterocycles. The minimum atomic E-state index is 0.594. The van der Waals surface area contributed by atoms with Crippen LogP contribution < -0.4 is 14.8 Å². The van der Waals surface area contributed by atoms with Crippen LogP contribution in [0.15, 0.2) is 35.8 Å². The third-order valence-corrected chi connectivity index (χ3v) is 3.54. The van der Waals surface area contributed by atoms with Crippen LogP contribution in [0.3, 0.4) is 0 Å². The van der Waals surface area contributed by atoms with Crippen LogP contribution in [0.4, 0.5) is 0 Å². The van der Waals surface area contributed by atoms with E-state index >= 15 is 0 Å². The highest BCUT2D eigenvalue weighted by atomic mass is 16.5. The van der Waals surface area contributed by atoms with Crippen LogP contribution in [0.5, 0.6) is 11.5 Å². The molecule has 0 bridgehead atoms. The number of allylic oxidation sites excluding steroid dienone is 1. The second kappa shape index (κ2) is 11.4. The van der Waals surface area contributed by atoms with Crippen LogP contribution in [-0.4, -0.2) is 44.7 Å². The summed E-state index contributed by atoms with van der Waals surface area (Å²) in [7, 11) is 3.71. The van der Waals surface area contributed by atoms with Crippen LogP contribution in [0.25, 0.3) is 0 Å². The van der Waals surface area contributed by atoms with Crippen LogP contribution in [0.1, 0.15) is 32.3 Å². The van der Waals surface area contributed by atoms with Crippen LogP contribution in [0.2, 0.25) is 0 Å². The number of methoxy groups -OCH3 is 1. The van der Waals surface area contributed by atoms with Gasteiger partial charge in [0.1, 0.15) is 0 Å². The van der Waals surface area contributed by atoms with Crippen LogP contribution in [-0.2, 0) is 6.54 Å². The maximum atomic E-state index is 5.55. The van der Waals surface area contributed by atoms with E-state index in [-0.39, 0.29) is 0 Å². The summed E-state index contributed by atoms with van der Waals surface area (Å²) in [6.07, 6.45) is 4.03. The maximum Gasteiger partial charge on any atom is 0.193 e. The highest BCUT2D eigenvalue weighted by Gasteiger charge is 2.07. The Morgan fingerprint density at radius 2 is 2.12 bits per heavy atom.